The van der Waals surface area contributed by atoms with Crippen molar-refractivity contribution in [2.24, 2.45) is 0 Å². The number of halogens is 1. The van der Waals surface area contributed by atoms with E-state index in [0.717, 1.165) is 5.56 Å². The van der Waals surface area contributed by atoms with Crippen LogP contribution in [-0.4, -0.2) is 21.4 Å². The lowest BCUT2D eigenvalue weighted by Crippen LogP contribution is -2.14. The zero-order chi connectivity index (χ0) is 22.4. The quantitative estimate of drug-likeness (QED) is 0.526. The largest absolute Gasteiger partial charge is 0.495 e. The van der Waals surface area contributed by atoms with Crippen LogP contribution < -0.4 is 14.8 Å². The second-order valence-electron chi connectivity index (χ2n) is 6.71. The number of methoxy groups -OCH3 is 1. The van der Waals surface area contributed by atoms with Gasteiger partial charge in [0.25, 0.3) is 10.0 Å². The monoisotopic (exact) mass is 440 g/mol. The van der Waals surface area contributed by atoms with Crippen molar-refractivity contribution in [2.45, 2.75) is 11.8 Å². The number of anilines is 2. The molecule has 3 rings (SSSR count). The van der Waals surface area contributed by atoms with Gasteiger partial charge in [-0.05, 0) is 72.7 Å². The van der Waals surface area contributed by atoms with Gasteiger partial charge in [0, 0.05) is 11.8 Å². The SMILES string of the molecule is COc1ccc(C)cc1NS(=O)(=O)c1ccc(NC(=O)/C=C/c2ccc(F)cc2)cc1. The van der Waals surface area contributed by atoms with Crippen LogP contribution in [0.4, 0.5) is 15.8 Å². The second kappa shape index (κ2) is 9.44. The number of sulfonamides is 1. The minimum atomic E-state index is -3.85. The number of carbonyl (C=O) groups excluding carboxylic acids is 1. The van der Waals surface area contributed by atoms with E-state index in [2.05, 4.69) is 10.0 Å². The van der Waals surface area contributed by atoms with Gasteiger partial charge in [0.1, 0.15) is 11.6 Å². The first kappa shape index (κ1) is 22.0. The van der Waals surface area contributed by atoms with Gasteiger partial charge in [0.2, 0.25) is 5.91 Å². The van der Waals surface area contributed by atoms with Crippen LogP contribution in [0.5, 0.6) is 5.75 Å². The van der Waals surface area contributed by atoms with Crippen LogP contribution in [0.15, 0.2) is 77.7 Å². The lowest BCUT2D eigenvalue weighted by molar-refractivity contribution is -0.111. The lowest BCUT2D eigenvalue weighted by atomic mass is 10.2. The fraction of sp³-hybridized carbons (Fsp3) is 0.0870. The molecule has 0 fully saturated rings. The molecule has 0 saturated heterocycles. The van der Waals surface area contributed by atoms with E-state index in [9.17, 15) is 17.6 Å². The van der Waals surface area contributed by atoms with E-state index >= 15 is 0 Å². The van der Waals surface area contributed by atoms with E-state index in [1.807, 2.05) is 13.0 Å². The Bertz CT molecular complexity index is 1210. The Morgan fingerprint density at radius 1 is 1.00 bits per heavy atom. The van der Waals surface area contributed by atoms with E-state index in [-0.39, 0.29) is 10.7 Å². The summed E-state index contributed by atoms with van der Waals surface area (Å²) in [6, 6.07) is 16.7. The van der Waals surface area contributed by atoms with Crippen molar-refractivity contribution >= 4 is 33.4 Å². The fourth-order valence-electron chi connectivity index (χ4n) is 2.75. The van der Waals surface area contributed by atoms with Gasteiger partial charge in [0.15, 0.2) is 0 Å². The van der Waals surface area contributed by atoms with Gasteiger partial charge < -0.3 is 10.1 Å². The Hall–Kier alpha value is -3.65. The molecule has 0 aromatic heterocycles. The summed E-state index contributed by atoms with van der Waals surface area (Å²) >= 11 is 0. The predicted molar refractivity (Wildman–Crippen MR) is 119 cm³/mol. The molecule has 6 nitrogen and oxygen atoms in total. The number of amides is 1. The molecule has 0 aliphatic carbocycles. The Labute approximate surface area is 180 Å². The van der Waals surface area contributed by atoms with Crippen molar-refractivity contribution in [3.8, 4) is 5.75 Å². The summed E-state index contributed by atoms with van der Waals surface area (Å²) in [4.78, 5) is 12.1. The van der Waals surface area contributed by atoms with E-state index < -0.39 is 15.9 Å². The molecule has 0 spiro atoms. The van der Waals surface area contributed by atoms with Crippen LogP contribution in [0.1, 0.15) is 11.1 Å². The summed E-state index contributed by atoms with van der Waals surface area (Å²) < 4.78 is 46.0. The minimum Gasteiger partial charge on any atom is -0.495 e. The minimum absolute atomic E-state index is 0.0379. The van der Waals surface area contributed by atoms with Gasteiger partial charge in [-0.15, -0.1) is 0 Å². The maximum Gasteiger partial charge on any atom is 0.262 e. The first-order valence-corrected chi connectivity index (χ1v) is 10.8. The van der Waals surface area contributed by atoms with Crippen molar-refractivity contribution in [3.05, 3.63) is 89.8 Å². The molecule has 0 aliphatic heterocycles. The lowest BCUT2D eigenvalue weighted by Gasteiger charge is -2.13. The number of benzene rings is 3. The molecule has 8 heteroatoms. The molecule has 1 amide bonds. The van der Waals surface area contributed by atoms with Crippen LogP contribution >= 0.6 is 0 Å². The molecule has 0 atom stereocenters. The third-order valence-electron chi connectivity index (χ3n) is 4.33. The van der Waals surface area contributed by atoms with Crippen LogP contribution in [0.25, 0.3) is 6.08 Å². The van der Waals surface area contributed by atoms with E-state index in [1.165, 1.54) is 49.6 Å². The maximum atomic E-state index is 12.9. The number of hydrogen-bond donors (Lipinski definition) is 2. The third kappa shape index (κ3) is 5.93. The van der Waals surface area contributed by atoms with Crippen molar-refractivity contribution in [3.63, 3.8) is 0 Å². The normalized spacial score (nSPS) is 11.3. The average molecular weight is 440 g/mol. The highest BCUT2D eigenvalue weighted by atomic mass is 32.2. The van der Waals surface area contributed by atoms with Gasteiger partial charge in [-0.25, -0.2) is 12.8 Å². The molecule has 160 valence electrons. The van der Waals surface area contributed by atoms with E-state index in [1.54, 1.807) is 30.3 Å². The van der Waals surface area contributed by atoms with Crippen molar-refractivity contribution < 1.29 is 22.3 Å². The molecular weight excluding hydrogens is 419 g/mol. The molecular formula is C23H21FN2O4S. The predicted octanol–water partition coefficient (Wildman–Crippen LogP) is 4.60. The standard InChI is InChI=1S/C23H21FN2O4S/c1-16-3-13-22(30-2)21(15-16)26-31(28,29)20-11-9-19(10-12-20)25-23(27)14-6-17-4-7-18(24)8-5-17/h3-15,26H,1-2H3,(H,25,27)/b14-6+. The Morgan fingerprint density at radius 3 is 2.32 bits per heavy atom. The van der Waals surface area contributed by atoms with Crippen molar-refractivity contribution in [2.75, 3.05) is 17.1 Å². The summed E-state index contributed by atoms with van der Waals surface area (Å²) in [6.07, 6.45) is 2.86. The summed E-state index contributed by atoms with van der Waals surface area (Å²) in [5, 5.41) is 2.64. The molecule has 31 heavy (non-hydrogen) atoms. The number of ether oxygens (including phenoxy) is 1. The van der Waals surface area contributed by atoms with Crippen molar-refractivity contribution in [1.82, 2.24) is 0 Å². The second-order valence-corrected chi connectivity index (χ2v) is 8.39. The molecule has 3 aromatic rings. The average Bonchev–Trinajstić information content (AvgIpc) is 2.74. The Morgan fingerprint density at radius 2 is 1.68 bits per heavy atom. The summed E-state index contributed by atoms with van der Waals surface area (Å²) in [5.41, 5.74) is 2.33. The maximum absolute atomic E-state index is 12.9. The zero-order valence-corrected chi connectivity index (χ0v) is 17.7. The van der Waals surface area contributed by atoms with Gasteiger partial charge in [0.05, 0.1) is 17.7 Å². The molecule has 0 heterocycles. The molecule has 2 N–H and O–H groups in total. The van der Waals surface area contributed by atoms with Crippen LogP contribution in [0, 0.1) is 12.7 Å². The molecule has 3 aromatic carbocycles. The third-order valence-corrected chi connectivity index (χ3v) is 5.71. The molecule has 0 radical (unpaired) electrons. The summed E-state index contributed by atoms with van der Waals surface area (Å²) in [5.74, 6) is -0.347. The number of carbonyl (C=O) groups is 1. The first-order valence-electron chi connectivity index (χ1n) is 9.29. The highest BCUT2D eigenvalue weighted by molar-refractivity contribution is 7.92. The smallest absolute Gasteiger partial charge is 0.262 e. The summed E-state index contributed by atoms with van der Waals surface area (Å²) in [7, 11) is -2.38. The van der Waals surface area contributed by atoms with Crippen LogP contribution in [0.3, 0.4) is 0 Å². The molecule has 0 bridgehead atoms. The zero-order valence-electron chi connectivity index (χ0n) is 16.9. The van der Waals surface area contributed by atoms with Gasteiger partial charge in [-0.1, -0.05) is 18.2 Å². The molecule has 0 unspecified atom stereocenters. The van der Waals surface area contributed by atoms with Gasteiger partial charge >= 0.3 is 0 Å². The fourth-order valence-corrected chi connectivity index (χ4v) is 3.81. The van der Waals surface area contributed by atoms with Crippen LogP contribution in [0.2, 0.25) is 0 Å². The van der Waals surface area contributed by atoms with Gasteiger partial charge in [-0.3, -0.25) is 9.52 Å². The Balaban J connectivity index is 1.68. The van der Waals surface area contributed by atoms with E-state index in [0.29, 0.717) is 22.7 Å². The highest BCUT2D eigenvalue weighted by Gasteiger charge is 2.17. The first-order chi connectivity index (χ1) is 14.8. The van der Waals surface area contributed by atoms with Gasteiger partial charge in [-0.2, -0.15) is 0 Å². The topological polar surface area (TPSA) is 84.5 Å². The molecule has 0 aliphatic rings. The number of nitrogens with one attached hydrogen (secondary N) is 2. The van der Waals surface area contributed by atoms with Crippen molar-refractivity contribution in [1.29, 1.82) is 0 Å². The molecule has 0 saturated carbocycles. The summed E-state index contributed by atoms with van der Waals surface area (Å²) in [6.45, 7) is 1.85. The number of hydrogen-bond acceptors (Lipinski definition) is 4. The van der Waals surface area contributed by atoms with E-state index in [4.69, 9.17) is 4.74 Å². The Kier molecular flexibility index (Phi) is 6.71. The number of rotatable bonds is 7. The van der Waals surface area contributed by atoms with Crippen LogP contribution in [-0.2, 0) is 14.8 Å². The highest BCUT2D eigenvalue weighted by Crippen LogP contribution is 2.28. The number of aryl methyl sites for hydroxylation is 1.